The van der Waals surface area contributed by atoms with E-state index in [0.717, 1.165) is 7.11 Å². The maximum Gasteiger partial charge on any atom is 0.322 e. The van der Waals surface area contributed by atoms with Gasteiger partial charge in [-0.2, -0.15) is 0 Å². The highest BCUT2D eigenvalue weighted by molar-refractivity contribution is 7.90. The van der Waals surface area contributed by atoms with Crippen molar-refractivity contribution in [3.8, 4) is 0 Å². The molecule has 0 aliphatic heterocycles. The number of hydrogen-bond acceptors (Lipinski definition) is 5. The van der Waals surface area contributed by atoms with Crippen LogP contribution in [0.25, 0.3) is 0 Å². The molecule has 0 fully saturated rings. The molecule has 0 saturated carbocycles. The highest BCUT2D eigenvalue weighted by Gasteiger charge is 2.15. The lowest BCUT2D eigenvalue weighted by atomic mass is 10.3. The minimum absolute atomic E-state index is 0.00831. The number of aliphatic carboxylic acids is 1. The molecule has 0 amide bonds. The summed E-state index contributed by atoms with van der Waals surface area (Å²) in [5, 5.41) is 8.28. The first-order valence-electron chi connectivity index (χ1n) is 4.13. The van der Waals surface area contributed by atoms with E-state index in [0.29, 0.717) is 0 Å². The molecule has 7 nitrogen and oxygen atoms in total. The molecule has 0 atom stereocenters. The van der Waals surface area contributed by atoms with Gasteiger partial charge in [0.25, 0.3) is 0 Å². The smallest absolute Gasteiger partial charge is 0.322 e. The maximum absolute atomic E-state index is 11.1. The number of nitrogens with one attached hydrogen (secondary N) is 1. The van der Waals surface area contributed by atoms with Gasteiger partial charge in [-0.3, -0.25) is 9.59 Å². The fraction of sp³-hybridized carbons (Fsp3) is 0.714. The predicted molar refractivity (Wildman–Crippen MR) is 50.7 cm³/mol. The van der Waals surface area contributed by atoms with Crippen molar-refractivity contribution in [1.82, 2.24) is 4.72 Å². The summed E-state index contributed by atoms with van der Waals surface area (Å²) >= 11 is 0. The van der Waals surface area contributed by atoms with E-state index < -0.39 is 27.7 Å². The van der Waals surface area contributed by atoms with Crippen molar-refractivity contribution in [2.45, 2.75) is 12.8 Å². The maximum atomic E-state index is 11.1. The van der Waals surface area contributed by atoms with Crippen LogP contribution < -0.4 is 4.72 Å². The van der Waals surface area contributed by atoms with Crippen LogP contribution in [0, 0.1) is 0 Å². The van der Waals surface area contributed by atoms with Crippen LogP contribution in [0.5, 0.6) is 0 Å². The summed E-state index contributed by atoms with van der Waals surface area (Å²) in [5.74, 6) is -2.61. The van der Waals surface area contributed by atoms with Crippen molar-refractivity contribution in [1.29, 1.82) is 0 Å². The van der Waals surface area contributed by atoms with Gasteiger partial charge in [-0.25, -0.2) is 13.1 Å². The Bertz CT molecular complexity index is 322. The minimum Gasteiger partial charge on any atom is -0.481 e. The van der Waals surface area contributed by atoms with Crippen LogP contribution in [-0.2, 0) is 24.3 Å². The van der Waals surface area contributed by atoms with Gasteiger partial charge in [0.15, 0.2) is 5.75 Å². The molecular weight excluding hydrogens is 226 g/mol. The Labute approximate surface area is 87.5 Å². The molecule has 0 saturated heterocycles. The number of carbonyl (C=O) groups excluding carboxylic acids is 1. The van der Waals surface area contributed by atoms with Gasteiger partial charge in [0.1, 0.15) is 0 Å². The Hall–Kier alpha value is -1.15. The molecule has 0 aliphatic rings. The summed E-state index contributed by atoms with van der Waals surface area (Å²) in [6.07, 6.45) is 0.0521. The zero-order chi connectivity index (χ0) is 11.9. The fourth-order valence-corrected chi connectivity index (χ4v) is 1.72. The van der Waals surface area contributed by atoms with Crippen molar-refractivity contribution in [2.75, 3.05) is 19.4 Å². The van der Waals surface area contributed by atoms with E-state index in [1.54, 1.807) is 0 Å². The van der Waals surface area contributed by atoms with E-state index in [2.05, 4.69) is 9.46 Å². The quantitative estimate of drug-likeness (QED) is 0.433. The Kier molecular flexibility index (Phi) is 5.87. The molecule has 0 radical (unpaired) electrons. The van der Waals surface area contributed by atoms with Gasteiger partial charge in [-0.15, -0.1) is 0 Å². The Morgan fingerprint density at radius 2 is 2.00 bits per heavy atom. The molecule has 0 aromatic rings. The fourth-order valence-electron chi connectivity index (χ4n) is 0.732. The van der Waals surface area contributed by atoms with Crippen LogP contribution in [0.1, 0.15) is 12.8 Å². The van der Waals surface area contributed by atoms with E-state index in [4.69, 9.17) is 5.11 Å². The molecule has 0 rings (SSSR count). The molecule has 0 bridgehead atoms. The van der Waals surface area contributed by atoms with Gasteiger partial charge in [0.2, 0.25) is 10.0 Å². The summed E-state index contributed by atoms with van der Waals surface area (Å²) in [4.78, 5) is 20.7. The van der Waals surface area contributed by atoms with Crippen LogP contribution in [0.15, 0.2) is 0 Å². The predicted octanol–water partition coefficient (Wildman–Crippen LogP) is -1.06. The number of carboxylic acid groups (broad SMARTS) is 1. The lowest BCUT2D eigenvalue weighted by Crippen LogP contribution is -2.31. The zero-order valence-corrected chi connectivity index (χ0v) is 9.04. The standard InChI is InChI=1S/C7H13NO6S/c1-14-7(11)5-15(12,13)8-4-2-3-6(9)10/h8H,2-5H2,1H3,(H,9,10). The molecule has 0 aromatic carbocycles. The molecule has 0 aromatic heterocycles. The third-order valence-electron chi connectivity index (χ3n) is 1.42. The highest BCUT2D eigenvalue weighted by atomic mass is 32.2. The van der Waals surface area contributed by atoms with Crippen LogP contribution in [0.2, 0.25) is 0 Å². The van der Waals surface area contributed by atoms with Gasteiger partial charge < -0.3 is 9.84 Å². The average molecular weight is 239 g/mol. The highest BCUT2D eigenvalue weighted by Crippen LogP contribution is 1.90. The SMILES string of the molecule is COC(=O)CS(=O)(=O)NCCCC(=O)O. The second-order valence-electron chi connectivity index (χ2n) is 2.73. The molecule has 0 unspecified atom stereocenters. The second-order valence-corrected chi connectivity index (χ2v) is 4.53. The Balaban J connectivity index is 3.85. The number of rotatable bonds is 7. The van der Waals surface area contributed by atoms with Crippen LogP contribution in [0.4, 0.5) is 0 Å². The summed E-state index contributed by atoms with van der Waals surface area (Å²) in [5.41, 5.74) is 0. The van der Waals surface area contributed by atoms with E-state index >= 15 is 0 Å². The molecule has 2 N–H and O–H groups in total. The van der Waals surface area contributed by atoms with Crippen molar-refractivity contribution in [3.05, 3.63) is 0 Å². The third kappa shape index (κ3) is 7.89. The Morgan fingerprint density at radius 3 is 2.47 bits per heavy atom. The van der Waals surface area contributed by atoms with E-state index in [1.807, 2.05) is 0 Å². The number of carbonyl (C=O) groups is 2. The molecule has 15 heavy (non-hydrogen) atoms. The number of methoxy groups -OCH3 is 1. The first kappa shape index (κ1) is 13.8. The summed E-state index contributed by atoms with van der Waals surface area (Å²) in [6.45, 7) is -0.00831. The average Bonchev–Trinajstić information content (AvgIpc) is 2.11. The van der Waals surface area contributed by atoms with E-state index in [1.165, 1.54) is 0 Å². The number of esters is 1. The minimum atomic E-state index is -3.71. The lowest BCUT2D eigenvalue weighted by molar-refractivity contribution is -0.138. The number of sulfonamides is 1. The van der Waals surface area contributed by atoms with Crippen molar-refractivity contribution >= 4 is 22.0 Å². The first-order valence-corrected chi connectivity index (χ1v) is 5.78. The second kappa shape index (κ2) is 6.36. The van der Waals surface area contributed by atoms with E-state index in [-0.39, 0.29) is 19.4 Å². The number of hydrogen-bond donors (Lipinski definition) is 2. The Morgan fingerprint density at radius 1 is 1.40 bits per heavy atom. The number of carboxylic acids is 1. The molecule has 88 valence electrons. The first-order chi connectivity index (χ1) is 6.87. The summed E-state index contributed by atoms with van der Waals surface area (Å²) < 4.78 is 28.4. The topological polar surface area (TPSA) is 110 Å². The van der Waals surface area contributed by atoms with Crippen molar-refractivity contribution < 1.29 is 27.9 Å². The van der Waals surface area contributed by atoms with Crippen LogP contribution in [-0.4, -0.2) is 44.9 Å². The lowest BCUT2D eigenvalue weighted by Gasteiger charge is -2.04. The monoisotopic (exact) mass is 239 g/mol. The third-order valence-corrected chi connectivity index (χ3v) is 2.68. The van der Waals surface area contributed by atoms with Crippen molar-refractivity contribution in [3.63, 3.8) is 0 Å². The van der Waals surface area contributed by atoms with Gasteiger partial charge in [0.05, 0.1) is 7.11 Å². The van der Waals surface area contributed by atoms with Crippen molar-refractivity contribution in [2.24, 2.45) is 0 Å². The molecule has 8 heteroatoms. The van der Waals surface area contributed by atoms with Crippen LogP contribution in [0.3, 0.4) is 0 Å². The molecular formula is C7H13NO6S. The molecule has 0 heterocycles. The number of ether oxygens (including phenoxy) is 1. The largest absolute Gasteiger partial charge is 0.481 e. The van der Waals surface area contributed by atoms with Gasteiger partial charge in [-0.1, -0.05) is 0 Å². The van der Waals surface area contributed by atoms with Gasteiger partial charge in [-0.05, 0) is 6.42 Å². The zero-order valence-electron chi connectivity index (χ0n) is 8.23. The molecule has 0 spiro atoms. The molecule has 0 aliphatic carbocycles. The normalized spacial score (nSPS) is 11.0. The van der Waals surface area contributed by atoms with Gasteiger partial charge >= 0.3 is 11.9 Å². The van der Waals surface area contributed by atoms with E-state index in [9.17, 15) is 18.0 Å². The van der Waals surface area contributed by atoms with Crippen LogP contribution >= 0.6 is 0 Å². The summed E-state index contributed by atoms with van der Waals surface area (Å²) in [7, 11) is -2.62. The van der Waals surface area contributed by atoms with Gasteiger partial charge in [0, 0.05) is 13.0 Å². The summed E-state index contributed by atoms with van der Waals surface area (Å²) in [6, 6.07) is 0.